The Morgan fingerprint density at radius 1 is 1.00 bits per heavy atom. The van der Waals surface area contributed by atoms with Crippen LogP contribution in [-0.2, 0) is 0 Å². The third-order valence-corrected chi connectivity index (χ3v) is 4.20. The number of hydrogen-bond donors (Lipinski definition) is 2. The van der Waals surface area contributed by atoms with Crippen LogP contribution >= 0.6 is 0 Å². The number of hydrogen-bond acceptors (Lipinski definition) is 1. The molecule has 2 aromatic rings. The predicted molar refractivity (Wildman–Crippen MR) is 77.5 cm³/mol. The summed E-state index contributed by atoms with van der Waals surface area (Å²) >= 11 is 0. The van der Waals surface area contributed by atoms with Gasteiger partial charge in [0.1, 0.15) is 0 Å². The molecular formula is C17H13NO2. The first-order chi connectivity index (χ1) is 9.75. The van der Waals surface area contributed by atoms with E-state index < -0.39 is 6.09 Å². The molecule has 0 aliphatic heterocycles. The Balaban J connectivity index is 1.97. The normalized spacial score (nSPS) is 21.7. The van der Waals surface area contributed by atoms with Crippen LogP contribution in [0.1, 0.15) is 28.2 Å². The quantitative estimate of drug-likeness (QED) is 0.829. The molecule has 0 spiro atoms. The van der Waals surface area contributed by atoms with Gasteiger partial charge in [-0.2, -0.15) is 0 Å². The summed E-state index contributed by atoms with van der Waals surface area (Å²) in [6.45, 7) is 0. The van der Waals surface area contributed by atoms with Gasteiger partial charge >= 0.3 is 6.09 Å². The van der Waals surface area contributed by atoms with Crippen molar-refractivity contribution in [3.63, 3.8) is 0 Å². The molecule has 0 saturated carbocycles. The first-order valence-electron chi connectivity index (χ1n) is 6.65. The van der Waals surface area contributed by atoms with E-state index in [0.717, 1.165) is 11.1 Å². The van der Waals surface area contributed by atoms with Crippen molar-refractivity contribution in [3.05, 3.63) is 70.8 Å². The molecule has 20 heavy (non-hydrogen) atoms. The number of nitrogens with one attached hydrogen (secondary N) is 1. The SMILES string of the molecule is O=C(O)NC1C2=Cc3ccccc3C1c1ccccc12. The van der Waals surface area contributed by atoms with Crippen LogP contribution in [0.25, 0.3) is 11.6 Å². The molecule has 0 aromatic heterocycles. The Hall–Kier alpha value is -2.55. The van der Waals surface area contributed by atoms with Gasteiger partial charge in [0.15, 0.2) is 0 Å². The van der Waals surface area contributed by atoms with Crippen molar-refractivity contribution in [2.45, 2.75) is 12.0 Å². The lowest BCUT2D eigenvalue weighted by Gasteiger charge is -2.27. The van der Waals surface area contributed by atoms with Gasteiger partial charge in [0, 0.05) is 5.92 Å². The van der Waals surface area contributed by atoms with E-state index in [0.29, 0.717) is 0 Å². The highest BCUT2D eigenvalue weighted by atomic mass is 16.4. The minimum Gasteiger partial charge on any atom is -0.465 e. The summed E-state index contributed by atoms with van der Waals surface area (Å²) in [4.78, 5) is 11.1. The van der Waals surface area contributed by atoms with Crippen LogP contribution < -0.4 is 5.32 Å². The zero-order chi connectivity index (χ0) is 13.7. The van der Waals surface area contributed by atoms with Crippen molar-refractivity contribution >= 4 is 17.7 Å². The highest BCUT2D eigenvalue weighted by Gasteiger charge is 2.41. The van der Waals surface area contributed by atoms with E-state index in [1.165, 1.54) is 16.7 Å². The molecular weight excluding hydrogens is 250 g/mol. The molecule has 0 saturated heterocycles. The number of fused-ring (bicyclic) bond motifs is 7. The lowest BCUT2D eigenvalue weighted by Crippen LogP contribution is -2.37. The largest absolute Gasteiger partial charge is 0.465 e. The molecule has 0 radical (unpaired) electrons. The molecule has 3 heteroatoms. The third-order valence-electron chi connectivity index (χ3n) is 4.20. The van der Waals surface area contributed by atoms with Gasteiger partial charge in [-0.1, -0.05) is 48.5 Å². The van der Waals surface area contributed by atoms with Gasteiger partial charge in [-0.15, -0.1) is 0 Å². The maximum Gasteiger partial charge on any atom is 0.405 e. The van der Waals surface area contributed by atoms with Crippen LogP contribution in [0.15, 0.2) is 48.5 Å². The Morgan fingerprint density at radius 3 is 2.50 bits per heavy atom. The molecule has 2 unspecified atom stereocenters. The highest BCUT2D eigenvalue weighted by Crippen LogP contribution is 2.50. The van der Waals surface area contributed by atoms with Crippen LogP contribution in [0.5, 0.6) is 0 Å². The Morgan fingerprint density at radius 2 is 1.70 bits per heavy atom. The third kappa shape index (κ3) is 1.43. The van der Waals surface area contributed by atoms with Crippen molar-refractivity contribution in [1.29, 1.82) is 0 Å². The summed E-state index contributed by atoms with van der Waals surface area (Å²) in [5.74, 6) is 0.0819. The van der Waals surface area contributed by atoms with E-state index >= 15 is 0 Å². The van der Waals surface area contributed by atoms with Crippen LogP contribution in [0.2, 0.25) is 0 Å². The topological polar surface area (TPSA) is 49.3 Å². The molecule has 2 aliphatic carbocycles. The van der Waals surface area contributed by atoms with Crippen LogP contribution in [0.4, 0.5) is 4.79 Å². The summed E-state index contributed by atoms with van der Waals surface area (Å²) in [5.41, 5.74) is 5.83. The number of carboxylic acid groups (broad SMARTS) is 1. The van der Waals surface area contributed by atoms with Gasteiger partial charge in [0.05, 0.1) is 6.04 Å². The molecule has 0 heterocycles. The van der Waals surface area contributed by atoms with E-state index in [4.69, 9.17) is 5.11 Å². The summed E-state index contributed by atoms with van der Waals surface area (Å²) in [6.07, 6.45) is 1.14. The fourth-order valence-electron chi connectivity index (χ4n) is 3.46. The molecule has 1 amide bonds. The van der Waals surface area contributed by atoms with Gasteiger partial charge in [-0.3, -0.25) is 0 Å². The highest BCUT2D eigenvalue weighted by molar-refractivity contribution is 5.95. The second-order valence-electron chi connectivity index (χ2n) is 5.22. The van der Waals surface area contributed by atoms with E-state index in [-0.39, 0.29) is 12.0 Å². The molecule has 2 N–H and O–H groups in total. The molecule has 4 rings (SSSR count). The average Bonchev–Trinajstić information content (AvgIpc) is 2.65. The van der Waals surface area contributed by atoms with Gasteiger partial charge in [-0.25, -0.2) is 4.79 Å². The summed E-state index contributed by atoms with van der Waals surface area (Å²) < 4.78 is 0. The van der Waals surface area contributed by atoms with Crippen LogP contribution in [-0.4, -0.2) is 17.2 Å². The first-order valence-corrected chi connectivity index (χ1v) is 6.65. The Bertz CT molecular complexity index is 737. The molecule has 98 valence electrons. The minimum absolute atomic E-state index is 0.0819. The molecule has 3 nitrogen and oxygen atoms in total. The van der Waals surface area contributed by atoms with Crippen molar-refractivity contribution < 1.29 is 9.90 Å². The zero-order valence-corrected chi connectivity index (χ0v) is 10.7. The second-order valence-corrected chi connectivity index (χ2v) is 5.22. The molecule has 2 atom stereocenters. The van der Waals surface area contributed by atoms with Crippen molar-refractivity contribution in [3.8, 4) is 0 Å². The maximum absolute atomic E-state index is 11.1. The van der Waals surface area contributed by atoms with Crippen molar-refractivity contribution in [1.82, 2.24) is 5.32 Å². The summed E-state index contributed by atoms with van der Waals surface area (Å²) in [7, 11) is 0. The van der Waals surface area contributed by atoms with Crippen LogP contribution in [0.3, 0.4) is 0 Å². The molecule has 0 fully saturated rings. The monoisotopic (exact) mass is 263 g/mol. The summed E-state index contributed by atoms with van der Waals surface area (Å²) in [6, 6.07) is 16.2. The second kappa shape index (κ2) is 3.97. The summed E-state index contributed by atoms with van der Waals surface area (Å²) in [5, 5.41) is 11.8. The van der Waals surface area contributed by atoms with E-state index in [1.807, 2.05) is 24.3 Å². The Labute approximate surface area is 116 Å². The van der Waals surface area contributed by atoms with Crippen molar-refractivity contribution in [2.75, 3.05) is 0 Å². The fraction of sp³-hybridized carbons (Fsp3) is 0.118. The number of rotatable bonds is 1. The average molecular weight is 263 g/mol. The maximum atomic E-state index is 11.1. The zero-order valence-electron chi connectivity index (χ0n) is 10.7. The molecule has 2 bridgehead atoms. The standard InChI is InChI=1S/C17H13NO2/c19-17(20)18-16-14-9-10-5-1-2-6-11(10)15(16)13-8-4-3-7-12(13)14/h1-9,15-16,18H,(H,19,20). The van der Waals surface area contributed by atoms with Gasteiger partial charge in [0.2, 0.25) is 0 Å². The van der Waals surface area contributed by atoms with E-state index in [1.54, 1.807) is 0 Å². The van der Waals surface area contributed by atoms with Gasteiger partial charge < -0.3 is 10.4 Å². The van der Waals surface area contributed by atoms with Gasteiger partial charge in [-0.05, 0) is 33.9 Å². The lowest BCUT2D eigenvalue weighted by molar-refractivity contribution is 0.192. The first kappa shape index (κ1) is 11.3. The number of amides is 1. The molecule has 2 aliphatic rings. The van der Waals surface area contributed by atoms with Gasteiger partial charge in [0.25, 0.3) is 0 Å². The van der Waals surface area contributed by atoms with Crippen LogP contribution in [0, 0.1) is 0 Å². The van der Waals surface area contributed by atoms with Crippen molar-refractivity contribution in [2.24, 2.45) is 0 Å². The number of benzene rings is 2. The fourth-order valence-corrected chi connectivity index (χ4v) is 3.46. The van der Waals surface area contributed by atoms with E-state index in [2.05, 4.69) is 35.7 Å². The van der Waals surface area contributed by atoms with E-state index in [9.17, 15) is 4.79 Å². The minimum atomic E-state index is -0.974. The lowest BCUT2D eigenvalue weighted by atomic mass is 9.83. The predicted octanol–water partition coefficient (Wildman–Crippen LogP) is 3.32. The Kier molecular flexibility index (Phi) is 2.24. The molecule has 2 aromatic carbocycles. The number of carbonyl (C=O) groups is 1. The smallest absolute Gasteiger partial charge is 0.405 e.